The van der Waals surface area contributed by atoms with Gasteiger partial charge in [-0.05, 0) is 25.0 Å². The van der Waals surface area contributed by atoms with E-state index in [2.05, 4.69) is 5.32 Å². The molecule has 4 nitrogen and oxygen atoms in total. The molecule has 1 aliphatic heterocycles. The fourth-order valence-corrected chi connectivity index (χ4v) is 2.70. The van der Waals surface area contributed by atoms with E-state index in [-0.39, 0.29) is 12.0 Å². The van der Waals surface area contributed by atoms with Crippen molar-refractivity contribution < 1.29 is 14.6 Å². The lowest BCUT2D eigenvalue weighted by molar-refractivity contribution is -0.141. The molecule has 1 heterocycles. The van der Waals surface area contributed by atoms with Gasteiger partial charge in [0.15, 0.2) is 0 Å². The first-order valence-corrected chi connectivity index (χ1v) is 6.21. The van der Waals surface area contributed by atoms with E-state index in [4.69, 9.17) is 21.4 Å². The molecule has 1 aromatic rings. The smallest absolute Gasteiger partial charge is 0.307 e. The van der Waals surface area contributed by atoms with Crippen molar-refractivity contribution in [3.05, 3.63) is 28.3 Å². The number of benzene rings is 1. The zero-order valence-electron chi connectivity index (χ0n) is 10.4. The lowest BCUT2D eigenvalue weighted by Gasteiger charge is -2.18. The first-order chi connectivity index (χ1) is 8.54. The molecule has 18 heavy (non-hydrogen) atoms. The Balaban J connectivity index is 2.34. The second-order valence-electron chi connectivity index (χ2n) is 4.54. The van der Waals surface area contributed by atoms with Gasteiger partial charge in [-0.3, -0.25) is 4.79 Å². The van der Waals surface area contributed by atoms with E-state index in [9.17, 15) is 4.79 Å². The maximum atomic E-state index is 11.0. The number of carbonyl (C=O) groups is 1. The Morgan fingerprint density at radius 1 is 1.56 bits per heavy atom. The molecule has 2 unspecified atom stereocenters. The van der Waals surface area contributed by atoms with Crippen molar-refractivity contribution in [2.24, 2.45) is 5.92 Å². The van der Waals surface area contributed by atoms with Gasteiger partial charge >= 0.3 is 5.97 Å². The Kier molecular flexibility index (Phi) is 3.78. The second kappa shape index (κ2) is 5.16. The highest BCUT2D eigenvalue weighted by atomic mass is 35.5. The highest BCUT2D eigenvalue weighted by molar-refractivity contribution is 6.32. The number of ether oxygens (including phenoxy) is 1. The van der Waals surface area contributed by atoms with Crippen molar-refractivity contribution in [3.63, 3.8) is 0 Å². The van der Waals surface area contributed by atoms with Crippen molar-refractivity contribution in [2.75, 3.05) is 13.7 Å². The Morgan fingerprint density at radius 2 is 2.28 bits per heavy atom. The van der Waals surface area contributed by atoms with Gasteiger partial charge in [-0.2, -0.15) is 0 Å². The molecule has 0 aromatic heterocycles. The topological polar surface area (TPSA) is 58.6 Å². The summed E-state index contributed by atoms with van der Waals surface area (Å²) in [4.78, 5) is 11.0. The summed E-state index contributed by atoms with van der Waals surface area (Å²) in [6.45, 7) is 2.46. The molecule has 1 saturated heterocycles. The third-order valence-corrected chi connectivity index (χ3v) is 3.70. The van der Waals surface area contributed by atoms with Gasteiger partial charge in [0.2, 0.25) is 0 Å². The van der Waals surface area contributed by atoms with E-state index in [1.807, 2.05) is 13.0 Å². The van der Waals surface area contributed by atoms with Crippen LogP contribution in [0.1, 0.15) is 23.6 Å². The summed E-state index contributed by atoms with van der Waals surface area (Å²) >= 11 is 6.11. The van der Waals surface area contributed by atoms with E-state index < -0.39 is 5.97 Å². The summed E-state index contributed by atoms with van der Waals surface area (Å²) in [5.41, 5.74) is 2.02. The van der Waals surface area contributed by atoms with Gasteiger partial charge in [-0.1, -0.05) is 17.7 Å². The number of aryl methyl sites for hydroxylation is 1. The minimum atomic E-state index is -0.761. The average Bonchev–Trinajstić information content (AvgIpc) is 2.81. The normalized spacial score (nSPS) is 23.1. The van der Waals surface area contributed by atoms with Crippen LogP contribution in [0.5, 0.6) is 5.75 Å². The van der Waals surface area contributed by atoms with Gasteiger partial charge in [0.25, 0.3) is 0 Å². The quantitative estimate of drug-likeness (QED) is 0.885. The SMILES string of the molecule is COc1c(Cl)ccc(C)c1C1CC(C(=O)O)CN1. The second-order valence-corrected chi connectivity index (χ2v) is 4.95. The highest BCUT2D eigenvalue weighted by Crippen LogP contribution is 2.39. The lowest BCUT2D eigenvalue weighted by Crippen LogP contribution is -2.18. The first kappa shape index (κ1) is 13.2. The zero-order chi connectivity index (χ0) is 13.3. The minimum Gasteiger partial charge on any atom is -0.495 e. The van der Waals surface area contributed by atoms with Crippen LogP contribution < -0.4 is 10.1 Å². The molecular weight excluding hydrogens is 254 g/mol. The lowest BCUT2D eigenvalue weighted by atomic mass is 9.95. The number of carboxylic acid groups (broad SMARTS) is 1. The summed E-state index contributed by atoms with van der Waals surface area (Å²) in [6, 6.07) is 3.71. The van der Waals surface area contributed by atoms with Crippen molar-refractivity contribution in [1.29, 1.82) is 0 Å². The predicted molar refractivity (Wildman–Crippen MR) is 69.2 cm³/mol. The number of halogens is 1. The average molecular weight is 270 g/mol. The summed E-state index contributed by atoms with van der Waals surface area (Å²) in [6.07, 6.45) is 0.562. The van der Waals surface area contributed by atoms with E-state index in [1.54, 1.807) is 13.2 Å². The molecule has 0 radical (unpaired) electrons. The molecule has 0 bridgehead atoms. The number of hydrogen-bond acceptors (Lipinski definition) is 3. The summed E-state index contributed by atoms with van der Waals surface area (Å²) < 4.78 is 5.35. The Labute approximate surface area is 111 Å². The van der Waals surface area contributed by atoms with E-state index in [0.29, 0.717) is 23.7 Å². The summed E-state index contributed by atoms with van der Waals surface area (Å²) in [5.74, 6) is -0.470. The molecule has 1 fully saturated rings. The van der Waals surface area contributed by atoms with Gasteiger partial charge in [0, 0.05) is 18.2 Å². The third-order valence-electron chi connectivity index (χ3n) is 3.40. The Hall–Kier alpha value is -1.26. The maximum absolute atomic E-state index is 11.0. The van der Waals surface area contributed by atoms with E-state index in [0.717, 1.165) is 11.1 Å². The van der Waals surface area contributed by atoms with Gasteiger partial charge in [-0.25, -0.2) is 0 Å². The van der Waals surface area contributed by atoms with Crippen LogP contribution >= 0.6 is 11.6 Å². The Bertz CT molecular complexity index is 476. The van der Waals surface area contributed by atoms with Crippen LogP contribution in [0, 0.1) is 12.8 Å². The van der Waals surface area contributed by atoms with Crippen molar-refractivity contribution in [1.82, 2.24) is 5.32 Å². The monoisotopic (exact) mass is 269 g/mol. The van der Waals surface area contributed by atoms with Gasteiger partial charge < -0.3 is 15.2 Å². The first-order valence-electron chi connectivity index (χ1n) is 5.83. The number of aliphatic carboxylic acids is 1. The highest BCUT2D eigenvalue weighted by Gasteiger charge is 2.32. The van der Waals surface area contributed by atoms with Crippen LogP contribution in [-0.4, -0.2) is 24.7 Å². The van der Waals surface area contributed by atoms with Gasteiger partial charge in [-0.15, -0.1) is 0 Å². The van der Waals surface area contributed by atoms with Crippen LogP contribution in [0.2, 0.25) is 5.02 Å². The van der Waals surface area contributed by atoms with Crippen molar-refractivity contribution >= 4 is 17.6 Å². The fraction of sp³-hybridized carbons (Fsp3) is 0.462. The van der Waals surface area contributed by atoms with Crippen molar-refractivity contribution in [2.45, 2.75) is 19.4 Å². The third kappa shape index (κ3) is 2.31. The molecular formula is C13H16ClNO3. The zero-order valence-corrected chi connectivity index (χ0v) is 11.1. The van der Waals surface area contributed by atoms with E-state index in [1.165, 1.54) is 0 Å². The van der Waals surface area contributed by atoms with Crippen LogP contribution in [0.25, 0.3) is 0 Å². The van der Waals surface area contributed by atoms with E-state index >= 15 is 0 Å². The number of hydrogen-bond donors (Lipinski definition) is 2. The molecule has 0 spiro atoms. The molecule has 2 atom stereocenters. The van der Waals surface area contributed by atoms with Crippen molar-refractivity contribution in [3.8, 4) is 5.75 Å². The summed E-state index contributed by atoms with van der Waals surface area (Å²) in [5, 5.41) is 12.8. The Morgan fingerprint density at radius 3 is 2.83 bits per heavy atom. The van der Waals surface area contributed by atoms with Gasteiger partial charge in [0.05, 0.1) is 18.1 Å². The molecule has 2 N–H and O–H groups in total. The van der Waals surface area contributed by atoms with Gasteiger partial charge in [0.1, 0.15) is 5.75 Å². The molecule has 5 heteroatoms. The molecule has 2 rings (SSSR count). The van der Waals surface area contributed by atoms with Crippen LogP contribution in [0.15, 0.2) is 12.1 Å². The molecule has 1 aromatic carbocycles. The predicted octanol–water partition coefficient (Wildman–Crippen LogP) is 2.39. The number of carboxylic acids is 1. The number of rotatable bonds is 3. The fourth-order valence-electron chi connectivity index (χ4n) is 2.46. The standard InChI is InChI=1S/C13H16ClNO3/c1-7-3-4-9(14)12(18-2)11(7)10-5-8(6-15-10)13(16)17/h3-4,8,10,15H,5-6H2,1-2H3,(H,16,17). The van der Waals surface area contributed by atoms with Crippen LogP contribution in [0.4, 0.5) is 0 Å². The maximum Gasteiger partial charge on any atom is 0.307 e. The molecule has 0 amide bonds. The molecule has 0 aliphatic carbocycles. The minimum absolute atomic E-state index is 0.0141. The number of methoxy groups -OCH3 is 1. The number of nitrogens with one attached hydrogen (secondary N) is 1. The van der Waals surface area contributed by atoms with Crippen LogP contribution in [-0.2, 0) is 4.79 Å². The van der Waals surface area contributed by atoms with Crippen LogP contribution in [0.3, 0.4) is 0 Å². The largest absolute Gasteiger partial charge is 0.495 e. The summed E-state index contributed by atoms with van der Waals surface area (Å²) in [7, 11) is 1.58. The molecule has 1 aliphatic rings. The molecule has 98 valence electrons. The molecule has 0 saturated carbocycles.